The highest BCUT2D eigenvalue weighted by atomic mass is 32.2. The first kappa shape index (κ1) is 23.0. The third kappa shape index (κ3) is 3.90. The van der Waals surface area contributed by atoms with Crippen molar-refractivity contribution in [3.63, 3.8) is 0 Å². The molecule has 13 heteroatoms. The summed E-state index contributed by atoms with van der Waals surface area (Å²) in [4.78, 5) is 10.5. The first-order chi connectivity index (χ1) is 15.2. The van der Waals surface area contributed by atoms with Gasteiger partial charge < -0.3 is 4.90 Å². The number of pyridine rings is 1. The average molecular weight is 482 g/mol. The predicted molar refractivity (Wildman–Crippen MR) is 116 cm³/mol. The molecule has 0 radical (unpaired) electrons. The molecule has 0 amide bonds. The first-order valence-corrected chi connectivity index (χ1v) is 11.7. The number of anilines is 1. The van der Waals surface area contributed by atoms with Gasteiger partial charge in [-0.3, -0.25) is 0 Å². The molecule has 4 heterocycles. The molecule has 0 N–H and O–H groups in total. The van der Waals surface area contributed by atoms with Gasteiger partial charge in [-0.2, -0.15) is 22.8 Å². The lowest BCUT2D eigenvalue weighted by Gasteiger charge is -2.33. The van der Waals surface area contributed by atoms with Crippen LogP contribution in [0.2, 0.25) is 0 Å². The number of halogens is 3. The Morgan fingerprint density at radius 1 is 1.09 bits per heavy atom. The van der Waals surface area contributed by atoms with Gasteiger partial charge in [0.15, 0.2) is 32.0 Å². The molecule has 0 spiro atoms. The van der Waals surface area contributed by atoms with Crippen LogP contribution in [0, 0.1) is 0 Å². The van der Waals surface area contributed by atoms with Gasteiger partial charge in [0.05, 0.1) is 11.3 Å². The number of sulfone groups is 1. The number of rotatable bonds is 4. The average Bonchev–Trinajstić information content (AvgIpc) is 3.32. The van der Waals surface area contributed by atoms with E-state index in [4.69, 9.17) is 0 Å². The van der Waals surface area contributed by atoms with E-state index in [0.29, 0.717) is 5.82 Å². The number of fused-ring (bicyclic) bond motifs is 2. The molecule has 0 aromatic carbocycles. The van der Waals surface area contributed by atoms with Crippen LogP contribution in [0.3, 0.4) is 0 Å². The number of aromatic nitrogens is 6. The second kappa shape index (κ2) is 7.40. The van der Waals surface area contributed by atoms with Crippen LogP contribution in [0.15, 0.2) is 35.6 Å². The minimum Gasteiger partial charge on any atom is -0.355 e. The van der Waals surface area contributed by atoms with Crippen molar-refractivity contribution in [1.82, 2.24) is 29.2 Å². The fraction of sp³-hybridized carbons (Fsp3) is 0.400. The van der Waals surface area contributed by atoms with Crippen LogP contribution in [0.1, 0.15) is 33.3 Å². The van der Waals surface area contributed by atoms with Gasteiger partial charge in [-0.25, -0.2) is 22.9 Å². The fourth-order valence-corrected chi connectivity index (χ4v) is 4.19. The zero-order valence-electron chi connectivity index (χ0n) is 18.6. The van der Waals surface area contributed by atoms with Crippen molar-refractivity contribution in [1.29, 1.82) is 0 Å². The smallest absolute Gasteiger partial charge is 0.355 e. The molecule has 0 bridgehead atoms. The summed E-state index contributed by atoms with van der Waals surface area (Å²) in [5.74, 6) is 0.258. The summed E-state index contributed by atoms with van der Waals surface area (Å²) >= 11 is 0. The second-order valence-corrected chi connectivity index (χ2v) is 10.7. The lowest BCUT2D eigenvalue weighted by molar-refractivity contribution is -0.137. The third-order valence-electron chi connectivity index (χ3n) is 5.37. The highest BCUT2D eigenvalue weighted by Crippen LogP contribution is 2.33. The molecule has 0 saturated heterocycles. The molecule has 33 heavy (non-hydrogen) atoms. The SMILES string of the molecule is CCS(=O)(=O)c1nn2c(N(C)C(C)(C)C)ccnc2c1-c1nc2ccc(C(F)(F)F)cn2n1. The van der Waals surface area contributed by atoms with Gasteiger partial charge in [-0.15, -0.1) is 5.10 Å². The van der Waals surface area contributed by atoms with E-state index in [2.05, 4.69) is 20.2 Å². The Balaban J connectivity index is 2.03. The quantitative estimate of drug-likeness (QED) is 0.440. The van der Waals surface area contributed by atoms with Crippen LogP contribution in [0.4, 0.5) is 19.0 Å². The summed E-state index contributed by atoms with van der Waals surface area (Å²) in [7, 11) is -2.01. The van der Waals surface area contributed by atoms with Crippen LogP contribution < -0.4 is 4.90 Å². The molecule has 0 unspecified atom stereocenters. The summed E-state index contributed by atoms with van der Waals surface area (Å²) < 4.78 is 67.6. The van der Waals surface area contributed by atoms with Gasteiger partial charge in [0.1, 0.15) is 11.4 Å². The van der Waals surface area contributed by atoms with Crippen LogP contribution in [-0.2, 0) is 16.0 Å². The third-order valence-corrected chi connectivity index (χ3v) is 7.01. The molecule has 0 saturated carbocycles. The predicted octanol–water partition coefficient (Wildman–Crippen LogP) is 3.49. The highest BCUT2D eigenvalue weighted by molar-refractivity contribution is 7.91. The summed E-state index contributed by atoms with van der Waals surface area (Å²) in [6.45, 7) is 7.42. The van der Waals surface area contributed by atoms with E-state index in [9.17, 15) is 21.6 Å². The standard InChI is InChI=1S/C20H22F3N7O2S/c1-6-33(31,32)18-15(16-25-13-8-7-12(20(21,22)23)11-29(13)26-16)17-24-10-9-14(30(17)27-18)28(5)19(2,3)4/h7-11H,6H2,1-5H3. The van der Waals surface area contributed by atoms with Gasteiger partial charge in [-0.05, 0) is 39.0 Å². The molecule has 0 fully saturated rings. The Kier molecular flexibility index (Phi) is 5.15. The molecule has 0 aliphatic carbocycles. The van der Waals surface area contributed by atoms with E-state index in [1.54, 1.807) is 6.07 Å². The van der Waals surface area contributed by atoms with Crippen LogP contribution >= 0.6 is 0 Å². The van der Waals surface area contributed by atoms with Crippen molar-refractivity contribution in [2.45, 2.75) is 44.4 Å². The Hall–Kier alpha value is -3.22. The Labute approximate surface area is 187 Å². The molecule has 4 aromatic rings. The molecule has 0 aliphatic rings. The fourth-order valence-electron chi connectivity index (χ4n) is 3.22. The number of hydrogen-bond donors (Lipinski definition) is 0. The summed E-state index contributed by atoms with van der Waals surface area (Å²) in [6, 6.07) is 3.76. The minimum atomic E-state index is -4.56. The van der Waals surface area contributed by atoms with Gasteiger partial charge in [0.25, 0.3) is 0 Å². The maximum atomic E-state index is 13.1. The summed E-state index contributed by atoms with van der Waals surface area (Å²) in [6.07, 6.45) is -2.24. The van der Waals surface area contributed by atoms with Gasteiger partial charge in [-0.1, -0.05) is 6.92 Å². The Morgan fingerprint density at radius 3 is 2.39 bits per heavy atom. The van der Waals surface area contributed by atoms with E-state index in [1.807, 2.05) is 32.7 Å². The lowest BCUT2D eigenvalue weighted by atomic mass is 10.1. The molecular weight excluding hydrogens is 459 g/mol. The minimum absolute atomic E-state index is 0.0401. The number of nitrogens with zero attached hydrogens (tertiary/aromatic N) is 7. The van der Waals surface area contributed by atoms with Crippen molar-refractivity contribution < 1.29 is 21.6 Å². The van der Waals surface area contributed by atoms with Crippen molar-refractivity contribution in [3.05, 3.63) is 36.2 Å². The molecule has 9 nitrogen and oxygen atoms in total. The second-order valence-electron chi connectivity index (χ2n) is 8.51. The van der Waals surface area contributed by atoms with Crippen molar-refractivity contribution in [3.8, 4) is 11.4 Å². The normalized spacial score (nSPS) is 13.2. The molecular formula is C20H22F3N7O2S. The highest BCUT2D eigenvalue weighted by Gasteiger charge is 2.33. The molecule has 0 atom stereocenters. The Bertz CT molecular complexity index is 1470. The van der Waals surface area contributed by atoms with Gasteiger partial charge in [0.2, 0.25) is 0 Å². The Morgan fingerprint density at radius 2 is 1.79 bits per heavy atom. The maximum Gasteiger partial charge on any atom is 0.417 e. The summed E-state index contributed by atoms with van der Waals surface area (Å²) in [5, 5.41) is 8.22. The molecule has 4 aromatic heterocycles. The van der Waals surface area contributed by atoms with Crippen molar-refractivity contribution in [2.75, 3.05) is 17.7 Å². The van der Waals surface area contributed by atoms with Crippen LogP contribution in [0.5, 0.6) is 0 Å². The lowest BCUT2D eigenvalue weighted by Crippen LogP contribution is -2.39. The number of hydrogen-bond acceptors (Lipinski definition) is 7. The first-order valence-electron chi connectivity index (χ1n) is 10.0. The largest absolute Gasteiger partial charge is 0.417 e. The van der Waals surface area contributed by atoms with E-state index >= 15 is 0 Å². The van der Waals surface area contributed by atoms with E-state index in [1.165, 1.54) is 23.7 Å². The molecule has 176 valence electrons. The van der Waals surface area contributed by atoms with Crippen molar-refractivity contribution >= 4 is 26.9 Å². The summed E-state index contributed by atoms with van der Waals surface area (Å²) in [5.41, 5.74) is -0.875. The van der Waals surface area contributed by atoms with Gasteiger partial charge in [0, 0.05) is 25.0 Å². The van der Waals surface area contributed by atoms with Crippen LogP contribution in [-0.4, -0.2) is 56.0 Å². The molecule has 4 rings (SSSR count). The zero-order chi connectivity index (χ0) is 24.3. The zero-order valence-corrected chi connectivity index (χ0v) is 19.4. The topological polar surface area (TPSA) is 97.8 Å². The maximum absolute atomic E-state index is 13.1. The number of alkyl halides is 3. The monoisotopic (exact) mass is 481 g/mol. The van der Waals surface area contributed by atoms with Gasteiger partial charge >= 0.3 is 6.18 Å². The van der Waals surface area contributed by atoms with Crippen LogP contribution in [0.25, 0.3) is 22.7 Å². The molecule has 0 aliphatic heterocycles. The van der Waals surface area contributed by atoms with E-state index in [0.717, 1.165) is 16.8 Å². The van der Waals surface area contributed by atoms with E-state index in [-0.39, 0.29) is 39.0 Å². The van der Waals surface area contributed by atoms with Crippen molar-refractivity contribution in [2.24, 2.45) is 0 Å². The van der Waals surface area contributed by atoms with E-state index < -0.39 is 21.6 Å².